The molecule has 0 radical (unpaired) electrons. The summed E-state index contributed by atoms with van der Waals surface area (Å²) in [6.45, 7) is 1.89. The zero-order chi connectivity index (χ0) is 9.97. The van der Waals surface area contributed by atoms with Crippen molar-refractivity contribution in [3.63, 3.8) is 0 Å². The van der Waals surface area contributed by atoms with E-state index in [2.05, 4.69) is 14.3 Å². The molecule has 0 fully saturated rings. The quantitative estimate of drug-likeness (QED) is 0.838. The molecule has 14 heavy (non-hydrogen) atoms. The highest BCUT2D eigenvalue weighted by molar-refractivity contribution is 8.00. The highest BCUT2D eigenvalue weighted by Crippen LogP contribution is 2.25. The van der Waals surface area contributed by atoms with E-state index in [0.29, 0.717) is 5.13 Å². The first-order valence-corrected chi connectivity index (χ1v) is 6.51. The molecule has 0 spiro atoms. The van der Waals surface area contributed by atoms with Crippen LogP contribution in [0.5, 0.6) is 0 Å². The Morgan fingerprint density at radius 2 is 2.36 bits per heavy atom. The minimum Gasteiger partial charge on any atom is -0.375 e. The topological polar surface area (TPSA) is 64.7 Å². The van der Waals surface area contributed by atoms with Crippen molar-refractivity contribution in [1.29, 1.82) is 0 Å². The van der Waals surface area contributed by atoms with Crippen LogP contribution >= 0.6 is 34.6 Å². The number of nitrogens with two attached hydrogens (primary N) is 1. The average molecular weight is 244 g/mol. The van der Waals surface area contributed by atoms with Crippen LogP contribution in [0, 0.1) is 6.92 Å². The first-order valence-electron chi connectivity index (χ1n) is 3.87. The van der Waals surface area contributed by atoms with Crippen LogP contribution in [-0.2, 0) is 5.75 Å². The lowest BCUT2D eigenvalue weighted by Gasteiger charge is -1.91. The fourth-order valence-electron chi connectivity index (χ4n) is 0.861. The van der Waals surface area contributed by atoms with Crippen molar-refractivity contribution in [3.8, 4) is 0 Å². The molecule has 2 aromatic rings. The van der Waals surface area contributed by atoms with E-state index in [1.807, 2.05) is 12.3 Å². The van der Waals surface area contributed by atoms with E-state index in [9.17, 15) is 0 Å². The number of thiazole rings is 1. The lowest BCUT2D eigenvalue weighted by atomic mass is 10.6. The van der Waals surface area contributed by atoms with Crippen molar-refractivity contribution in [2.75, 3.05) is 5.73 Å². The number of rotatable bonds is 3. The molecule has 0 aliphatic heterocycles. The standard InChI is InChI=1S/C7H8N4S3/c1-4-9-7(14-11-4)13-3-5-2-12-6(8)10-5/h2H,3H2,1H3,(H2,8,10). The molecule has 74 valence electrons. The number of nitrogen functional groups attached to an aromatic ring is 1. The first kappa shape index (κ1) is 9.88. The average Bonchev–Trinajstić information content (AvgIpc) is 2.72. The minimum atomic E-state index is 0.619. The second kappa shape index (κ2) is 4.24. The van der Waals surface area contributed by atoms with Crippen LogP contribution in [0.15, 0.2) is 9.72 Å². The van der Waals surface area contributed by atoms with Gasteiger partial charge in [0.1, 0.15) is 5.82 Å². The maximum atomic E-state index is 5.52. The molecular weight excluding hydrogens is 236 g/mol. The van der Waals surface area contributed by atoms with Crippen molar-refractivity contribution in [1.82, 2.24) is 14.3 Å². The van der Waals surface area contributed by atoms with Gasteiger partial charge < -0.3 is 5.73 Å². The molecule has 0 atom stereocenters. The molecule has 2 heterocycles. The van der Waals surface area contributed by atoms with Crippen molar-refractivity contribution in [2.24, 2.45) is 0 Å². The molecule has 2 aromatic heterocycles. The zero-order valence-corrected chi connectivity index (χ0v) is 9.88. The van der Waals surface area contributed by atoms with Gasteiger partial charge in [0.2, 0.25) is 0 Å². The summed E-state index contributed by atoms with van der Waals surface area (Å²) < 4.78 is 5.08. The highest BCUT2D eigenvalue weighted by Gasteiger charge is 2.03. The Kier molecular flexibility index (Phi) is 2.99. The number of aromatic nitrogens is 3. The van der Waals surface area contributed by atoms with Crippen LogP contribution in [0.25, 0.3) is 0 Å². The molecule has 4 nitrogen and oxygen atoms in total. The van der Waals surface area contributed by atoms with Gasteiger partial charge in [0.05, 0.1) is 5.69 Å². The molecule has 0 unspecified atom stereocenters. The fourth-order valence-corrected chi connectivity index (χ4v) is 3.07. The van der Waals surface area contributed by atoms with E-state index < -0.39 is 0 Å². The summed E-state index contributed by atoms with van der Waals surface area (Å²) in [6.07, 6.45) is 0. The number of hydrogen-bond donors (Lipinski definition) is 1. The Morgan fingerprint density at radius 1 is 1.50 bits per heavy atom. The summed E-state index contributed by atoms with van der Waals surface area (Å²) in [5.41, 5.74) is 6.53. The molecule has 2 N–H and O–H groups in total. The zero-order valence-electron chi connectivity index (χ0n) is 7.43. The SMILES string of the molecule is Cc1nsc(SCc2csc(N)n2)n1. The van der Waals surface area contributed by atoms with Crippen LogP contribution in [0.4, 0.5) is 5.13 Å². The number of anilines is 1. The van der Waals surface area contributed by atoms with E-state index in [-0.39, 0.29) is 0 Å². The predicted octanol–water partition coefficient (Wildman–Crippen LogP) is 2.18. The predicted molar refractivity (Wildman–Crippen MR) is 60.7 cm³/mol. The van der Waals surface area contributed by atoms with Gasteiger partial charge in [-0.25, -0.2) is 9.97 Å². The van der Waals surface area contributed by atoms with Crippen LogP contribution in [0.1, 0.15) is 11.5 Å². The van der Waals surface area contributed by atoms with Crippen LogP contribution in [0.2, 0.25) is 0 Å². The number of thioether (sulfide) groups is 1. The van der Waals surface area contributed by atoms with Gasteiger partial charge in [-0.05, 0) is 18.5 Å². The maximum Gasteiger partial charge on any atom is 0.180 e. The van der Waals surface area contributed by atoms with Crippen LogP contribution in [0.3, 0.4) is 0 Å². The van der Waals surface area contributed by atoms with E-state index in [1.165, 1.54) is 22.9 Å². The van der Waals surface area contributed by atoms with Crippen molar-refractivity contribution < 1.29 is 0 Å². The van der Waals surface area contributed by atoms with Gasteiger partial charge in [-0.3, -0.25) is 0 Å². The smallest absolute Gasteiger partial charge is 0.180 e. The lowest BCUT2D eigenvalue weighted by Crippen LogP contribution is -1.84. The highest BCUT2D eigenvalue weighted by atomic mass is 32.2. The Bertz CT molecular complexity index is 382. The largest absolute Gasteiger partial charge is 0.375 e. The van der Waals surface area contributed by atoms with E-state index >= 15 is 0 Å². The van der Waals surface area contributed by atoms with Gasteiger partial charge in [-0.1, -0.05) is 11.8 Å². The van der Waals surface area contributed by atoms with Gasteiger partial charge >= 0.3 is 0 Å². The van der Waals surface area contributed by atoms with Crippen molar-refractivity contribution in [3.05, 3.63) is 16.9 Å². The summed E-state index contributed by atoms with van der Waals surface area (Å²) in [5, 5.41) is 2.59. The lowest BCUT2D eigenvalue weighted by molar-refractivity contribution is 1.10. The van der Waals surface area contributed by atoms with Crippen LogP contribution < -0.4 is 5.73 Å². The van der Waals surface area contributed by atoms with E-state index in [4.69, 9.17) is 5.73 Å². The monoisotopic (exact) mass is 244 g/mol. The normalized spacial score (nSPS) is 10.6. The molecule has 0 saturated heterocycles. The molecule has 0 bridgehead atoms. The third-order valence-corrected chi connectivity index (χ3v) is 4.10. The number of nitrogens with zero attached hydrogens (tertiary/aromatic N) is 3. The maximum absolute atomic E-state index is 5.52. The molecule has 0 amide bonds. The Labute approximate surface area is 93.8 Å². The first-order chi connectivity index (χ1) is 6.74. The van der Waals surface area contributed by atoms with Gasteiger partial charge in [-0.15, -0.1) is 11.3 Å². The summed E-state index contributed by atoms with van der Waals surface area (Å²) >= 11 is 4.53. The van der Waals surface area contributed by atoms with E-state index in [0.717, 1.165) is 21.6 Å². The van der Waals surface area contributed by atoms with Gasteiger partial charge in [0.15, 0.2) is 9.47 Å². The molecule has 0 aliphatic rings. The number of hydrogen-bond acceptors (Lipinski definition) is 7. The summed E-state index contributed by atoms with van der Waals surface area (Å²) in [4.78, 5) is 8.41. The summed E-state index contributed by atoms with van der Waals surface area (Å²) in [7, 11) is 0. The van der Waals surface area contributed by atoms with Crippen LogP contribution in [-0.4, -0.2) is 14.3 Å². The molecule has 7 heteroatoms. The van der Waals surface area contributed by atoms with Crippen molar-refractivity contribution in [2.45, 2.75) is 17.0 Å². The minimum absolute atomic E-state index is 0.619. The second-order valence-corrected chi connectivity index (χ2v) is 5.44. The fraction of sp³-hybridized carbons (Fsp3) is 0.286. The summed E-state index contributed by atoms with van der Waals surface area (Å²) in [5.74, 6) is 1.64. The Hall–Kier alpha value is -0.660. The third kappa shape index (κ3) is 2.43. The third-order valence-electron chi connectivity index (χ3n) is 1.42. The van der Waals surface area contributed by atoms with Gasteiger partial charge in [0.25, 0.3) is 0 Å². The van der Waals surface area contributed by atoms with Gasteiger partial charge in [0, 0.05) is 11.1 Å². The molecular formula is C7H8N4S3. The number of aryl methyl sites for hydroxylation is 1. The Morgan fingerprint density at radius 3 is 2.93 bits per heavy atom. The van der Waals surface area contributed by atoms with E-state index in [1.54, 1.807) is 11.8 Å². The van der Waals surface area contributed by atoms with Crippen molar-refractivity contribution >= 4 is 39.8 Å². The molecule has 0 aromatic carbocycles. The van der Waals surface area contributed by atoms with Gasteiger partial charge in [-0.2, -0.15) is 4.37 Å². The summed E-state index contributed by atoms with van der Waals surface area (Å²) in [6, 6.07) is 0. The molecule has 2 rings (SSSR count). The Balaban J connectivity index is 1.94. The second-order valence-electron chi connectivity index (χ2n) is 2.57. The molecule has 0 aliphatic carbocycles. The molecule has 0 saturated carbocycles.